The third-order valence-electron chi connectivity index (χ3n) is 1.12. The Bertz CT molecular complexity index is 300. The van der Waals surface area contributed by atoms with Gasteiger partial charge in [-0.25, -0.2) is 4.39 Å². The van der Waals surface area contributed by atoms with Crippen molar-refractivity contribution in [1.82, 2.24) is 0 Å². The van der Waals surface area contributed by atoms with Crippen LogP contribution >= 0.6 is 0 Å². The summed E-state index contributed by atoms with van der Waals surface area (Å²) in [6.07, 6.45) is 0. The number of hydrogen-bond acceptors (Lipinski definition) is 3. The zero-order valence-electron chi connectivity index (χ0n) is 5.28. The van der Waals surface area contributed by atoms with E-state index < -0.39 is 22.2 Å². The molecular weight excluding hydrogens is 153 g/mol. The SMILES string of the molecule is O=[N+]([O-])c1cc(F)ccc1[O-]. The summed E-state index contributed by atoms with van der Waals surface area (Å²) in [5.41, 5.74) is -0.731. The lowest BCUT2D eigenvalue weighted by Crippen LogP contribution is -1.97. The van der Waals surface area contributed by atoms with Crippen molar-refractivity contribution in [1.29, 1.82) is 0 Å². The maximum Gasteiger partial charge on any atom is 0.264 e. The molecule has 0 aliphatic carbocycles. The van der Waals surface area contributed by atoms with Gasteiger partial charge >= 0.3 is 0 Å². The highest BCUT2D eigenvalue weighted by molar-refractivity contribution is 5.43. The Hall–Kier alpha value is -1.65. The van der Waals surface area contributed by atoms with Crippen LogP contribution in [0, 0.1) is 15.9 Å². The summed E-state index contributed by atoms with van der Waals surface area (Å²) in [4.78, 5) is 9.10. The molecular formula is C6H3FNO3-. The zero-order valence-corrected chi connectivity index (χ0v) is 5.28. The van der Waals surface area contributed by atoms with Gasteiger partial charge in [-0.15, -0.1) is 0 Å². The van der Waals surface area contributed by atoms with E-state index in [1.807, 2.05) is 0 Å². The van der Waals surface area contributed by atoms with Crippen molar-refractivity contribution in [3.63, 3.8) is 0 Å². The summed E-state index contributed by atoms with van der Waals surface area (Å²) < 4.78 is 12.3. The monoisotopic (exact) mass is 156 g/mol. The van der Waals surface area contributed by atoms with Crippen molar-refractivity contribution in [2.45, 2.75) is 0 Å². The molecule has 1 aromatic rings. The Morgan fingerprint density at radius 2 is 2.09 bits per heavy atom. The minimum absolute atomic E-state index is 0.600. The van der Waals surface area contributed by atoms with E-state index in [0.717, 1.165) is 12.1 Å². The second-order valence-electron chi connectivity index (χ2n) is 1.87. The first kappa shape index (κ1) is 7.46. The van der Waals surface area contributed by atoms with Crippen LogP contribution in [0.5, 0.6) is 5.75 Å². The molecule has 1 rings (SSSR count). The Morgan fingerprint density at radius 1 is 1.45 bits per heavy atom. The van der Waals surface area contributed by atoms with E-state index >= 15 is 0 Å². The van der Waals surface area contributed by atoms with Crippen LogP contribution in [0.15, 0.2) is 18.2 Å². The molecule has 0 atom stereocenters. The van der Waals surface area contributed by atoms with Gasteiger partial charge in [-0.2, -0.15) is 0 Å². The van der Waals surface area contributed by atoms with Crippen LogP contribution in [0.25, 0.3) is 0 Å². The molecule has 0 saturated carbocycles. The van der Waals surface area contributed by atoms with E-state index in [9.17, 15) is 19.6 Å². The van der Waals surface area contributed by atoms with Crippen molar-refractivity contribution in [3.05, 3.63) is 34.1 Å². The fourth-order valence-electron chi connectivity index (χ4n) is 0.633. The molecule has 0 aliphatic heterocycles. The van der Waals surface area contributed by atoms with E-state index in [1.54, 1.807) is 0 Å². The molecule has 4 nitrogen and oxygen atoms in total. The third-order valence-corrected chi connectivity index (χ3v) is 1.12. The summed E-state index contributed by atoms with van der Waals surface area (Å²) >= 11 is 0. The Morgan fingerprint density at radius 3 is 2.55 bits per heavy atom. The summed E-state index contributed by atoms with van der Waals surface area (Å²) in [5, 5.41) is 20.6. The second kappa shape index (κ2) is 2.53. The van der Waals surface area contributed by atoms with Crippen LogP contribution in [0.1, 0.15) is 0 Å². The van der Waals surface area contributed by atoms with E-state index in [0.29, 0.717) is 6.07 Å². The smallest absolute Gasteiger partial charge is 0.264 e. The molecule has 0 aromatic heterocycles. The molecule has 0 fully saturated rings. The van der Waals surface area contributed by atoms with Gasteiger partial charge in [0.05, 0.1) is 11.0 Å². The number of rotatable bonds is 1. The molecule has 0 bridgehead atoms. The summed E-state index contributed by atoms with van der Waals surface area (Å²) in [6.45, 7) is 0. The third kappa shape index (κ3) is 1.43. The van der Waals surface area contributed by atoms with Gasteiger partial charge in [0.1, 0.15) is 5.82 Å². The van der Waals surface area contributed by atoms with E-state index in [1.165, 1.54) is 0 Å². The van der Waals surface area contributed by atoms with Crippen LogP contribution in [-0.2, 0) is 0 Å². The van der Waals surface area contributed by atoms with Crippen molar-refractivity contribution >= 4 is 5.69 Å². The lowest BCUT2D eigenvalue weighted by Gasteiger charge is -2.03. The van der Waals surface area contributed by atoms with Crippen LogP contribution in [0.4, 0.5) is 10.1 Å². The van der Waals surface area contributed by atoms with Gasteiger partial charge < -0.3 is 5.11 Å². The summed E-state index contributed by atoms with van der Waals surface area (Å²) in [6, 6.07) is 2.31. The number of nitro benzene ring substituents is 1. The maximum absolute atomic E-state index is 12.3. The minimum atomic E-state index is -0.911. The highest BCUT2D eigenvalue weighted by Crippen LogP contribution is 2.22. The normalized spacial score (nSPS) is 9.55. The average Bonchev–Trinajstić information content (AvgIpc) is 1.94. The molecule has 5 heteroatoms. The van der Waals surface area contributed by atoms with Crippen LogP contribution in [-0.4, -0.2) is 4.92 Å². The van der Waals surface area contributed by atoms with Gasteiger partial charge in [0, 0.05) is 0 Å². The van der Waals surface area contributed by atoms with Crippen molar-refractivity contribution in [2.24, 2.45) is 0 Å². The zero-order chi connectivity index (χ0) is 8.43. The van der Waals surface area contributed by atoms with Gasteiger partial charge in [0.2, 0.25) is 0 Å². The van der Waals surface area contributed by atoms with Crippen molar-refractivity contribution < 1.29 is 14.4 Å². The fourth-order valence-corrected chi connectivity index (χ4v) is 0.633. The summed E-state index contributed by atoms with van der Waals surface area (Å²) in [5.74, 6) is -1.56. The molecule has 0 heterocycles. The lowest BCUT2D eigenvalue weighted by molar-refractivity contribution is -0.398. The quantitative estimate of drug-likeness (QED) is 0.446. The predicted molar refractivity (Wildman–Crippen MR) is 32.5 cm³/mol. The number of nitrogens with zero attached hydrogens (tertiary/aromatic N) is 1. The molecule has 0 spiro atoms. The molecule has 0 aliphatic rings. The first-order valence-corrected chi connectivity index (χ1v) is 2.72. The van der Waals surface area contributed by atoms with Gasteiger partial charge in [-0.1, -0.05) is 6.07 Å². The Balaban J connectivity index is 3.23. The van der Waals surface area contributed by atoms with Crippen LogP contribution in [0.3, 0.4) is 0 Å². The number of benzene rings is 1. The number of nitro groups is 1. The van der Waals surface area contributed by atoms with E-state index in [4.69, 9.17) is 0 Å². The van der Waals surface area contributed by atoms with Crippen LogP contribution in [0.2, 0.25) is 0 Å². The fraction of sp³-hybridized carbons (Fsp3) is 0. The molecule has 11 heavy (non-hydrogen) atoms. The summed E-state index contributed by atoms with van der Waals surface area (Å²) in [7, 11) is 0. The highest BCUT2D eigenvalue weighted by atomic mass is 19.1. The Kier molecular flexibility index (Phi) is 1.72. The number of hydrogen-bond donors (Lipinski definition) is 0. The van der Waals surface area contributed by atoms with Crippen LogP contribution < -0.4 is 5.11 Å². The van der Waals surface area contributed by atoms with Gasteiger partial charge in [-0.3, -0.25) is 10.1 Å². The first-order valence-electron chi connectivity index (χ1n) is 2.72. The first-order chi connectivity index (χ1) is 5.11. The topological polar surface area (TPSA) is 66.2 Å². The molecule has 1 aromatic carbocycles. The van der Waals surface area contributed by atoms with Gasteiger partial charge in [-0.05, 0) is 11.8 Å². The molecule has 58 valence electrons. The van der Waals surface area contributed by atoms with Gasteiger partial charge in [0.25, 0.3) is 5.69 Å². The van der Waals surface area contributed by atoms with E-state index in [2.05, 4.69) is 0 Å². The molecule has 0 saturated heterocycles. The predicted octanol–water partition coefficient (Wildman–Crippen LogP) is 0.807. The minimum Gasteiger partial charge on any atom is -0.868 e. The van der Waals surface area contributed by atoms with Crippen molar-refractivity contribution in [2.75, 3.05) is 0 Å². The molecule has 0 N–H and O–H groups in total. The van der Waals surface area contributed by atoms with Gasteiger partial charge in [0.15, 0.2) is 0 Å². The molecule has 0 amide bonds. The maximum atomic E-state index is 12.3. The molecule has 0 radical (unpaired) electrons. The Labute approximate surface area is 61.0 Å². The van der Waals surface area contributed by atoms with E-state index in [-0.39, 0.29) is 0 Å². The average molecular weight is 156 g/mol. The standard InChI is InChI=1S/C6H4FNO3/c7-4-1-2-6(9)5(3-4)8(10)11/h1-3,9H/p-1. The largest absolute Gasteiger partial charge is 0.868 e. The molecule has 0 unspecified atom stereocenters. The highest BCUT2D eigenvalue weighted by Gasteiger charge is 2.06. The second-order valence-corrected chi connectivity index (χ2v) is 1.87. The van der Waals surface area contributed by atoms with Crippen molar-refractivity contribution in [3.8, 4) is 5.75 Å². The lowest BCUT2D eigenvalue weighted by atomic mass is 10.3. The number of halogens is 1.